The maximum Gasteiger partial charge on any atom is 0.232 e. The smallest absolute Gasteiger partial charge is 0.232 e. The molecule has 0 fully saturated rings. The average molecular weight is 418 g/mol. The lowest BCUT2D eigenvalue weighted by atomic mass is 10.0. The summed E-state index contributed by atoms with van der Waals surface area (Å²) in [5, 5.41) is 2.04. The van der Waals surface area contributed by atoms with Crippen LogP contribution in [0.15, 0.2) is 60.1 Å². The number of aryl methyl sites for hydroxylation is 1. The molecule has 1 aliphatic rings. The Morgan fingerprint density at radius 3 is 2.83 bits per heavy atom. The molecule has 0 radical (unpaired) electrons. The van der Waals surface area contributed by atoms with Gasteiger partial charge in [-0.05, 0) is 55.7 Å². The van der Waals surface area contributed by atoms with Crippen LogP contribution in [0.4, 0.5) is 5.69 Å². The highest BCUT2D eigenvalue weighted by molar-refractivity contribution is 7.15. The highest BCUT2D eigenvalue weighted by atomic mass is 32.1. The first-order valence-corrected chi connectivity index (χ1v) is 11.2. The molecule has 2 aromatic carbocycles. The lowest BCUT2D eigenvalue weighted by Gasteiger charge is -2.29. The first kappa shape index (κ1) is 18.9. The number of carbonyl (C=O) groups is 1. The summed E-state index contributed by atoms with van der Waals surface area (Å²) >= 11 is 1.57. The van der Waals surface area contributed by atoms with E-state index in [9.17, 15) is 4.79 Å². The summed E-state index contributed by atoms with van der Waals surface area (Å²) in [4.78, 5) is 20.7. The molecule has 0 atom stereocenters. The number of rotatable bonds is 5. The molecular weight excluding hydrogens is 394 g/mol. The standard InChI is InChI=1S/C24H23N3O2S/c1-2-29-20-11-9-17(10-12-20)21-15-27-19(16-30-24(27)25-21)14-23(28)26-13-5-7-18-6-3-4-8-22(18)26/h3-4,6,8-12,15-16H,2,5,7,13-14H2,1H3. The molecule has 6 heteroatoms. The van der Waals surface area contributed by atoms with Crippen molar-refractivity contribution in [3.63, 3.8) is 0 Å². The number of benzene rings is 2. The van der Waals surface area contributed by atoms with E-state index in [0.29, 0.717) is 13.0 Å². The Balaban J connectivity index is 1.39. The van der Waals surface area contributed by atoms with Crippen molar-refractivity contribution in [2.45, 2.75) is 26.2 Å². The van der Waals surface area contributed by atoms with Gasteiger partial charge in [-0.3, -0.25) is 9.20 Å². The monoisotopic (exact) mass is 417 g/mol. The van der Waals surface area contributed by atoms with Crippen LogP contribution in [0.3, 0.4) is 0 Å². The predicted molar refractivity (Wildman–Crippen MR) is 120 cm³/mol. The Kier molecular flexibility index (Phi) is 5.01. The Morgan fingerprint density at radius 1 is 1.17 bits per heavy atom. The summed E-state index contributed by atoms with van der Waals surface area (Å²) in [6.07, 6.45) is 4.44. The summed E-state index contributed by atoms with van der Waals surface area (Å²) in [7, 11) is 0. The number of nitrogens with zero attached hydrogens (tertiary/aromatic N) is 3. The van der Waals surface area contributed by atoms with Crippen molar-refractivity contribution in [1.82, 2.24) is 9.38 Å². The van der Waals surface area contributed by atoms with Gasteiger partial charge in [-0.2, -0.15) is 0 Å². The van der Waals surface area contributed by atoms with Crippen LogP contribution in [0, 0.1) is 0 Å². The second-order valence-electron chi connectivity index (χ2n) is 7.42. The zero-order valence-electron chi connectivity index (χ0n) is 16.9. The van der Waals surface area contributed by atoms with Gasteiger partial charge in [0.25, 0.3) is 0 Å². The highest BCUT2D eigenvalue weighted by Gasteiger charge is 2.23. The van der Waals surface area contributed by atoms with Crippen LogP contribution in [0.25, 0.3) is 16.2 Å². The molecule has 2 aromatic heterocycles. The summed E-state index contributed by atoms with van der Waals surface area (Å²) in [5.41, 5.74) is 5.24. The van der Waals surface area contributed by atoms with E-state index in [1.54, 1.807) is 11.3 Å². The summed E-state index contributed by atoms with van der Waals surface area (Å²) in [6, 6.07) is 16.2. The summed E-state index contributed by atoms with van der Waals surface area (Å²) in [5.74, 6) is 0.994. The van der Waals surface area contributed by atoms with Crippen LogP contribution in [-0.2, 0) is 17.6 Å². The van der Waals surface area contributed by atoms with Crippen LogP contribution in [0.2, 0.25) is 0 Å². The van der Waals surface area contributed by atoms with Crippen molar-refractivity contribution in [3.05, 3.63) is 71.4 Å². The molecule has 1 aliphatic heterocycles. The van der Waals surface area contributed by atoms with E-state index in [1.807, 2.05) is 64.2 Å². The fraction of sp³-hybridized carbons (Fsp3) is 0.250. The molecule has 5 rings (SSSR count). The maximum atomic E-state index is 13.1. The number of thiazole rings is 1. The molecule has 1 amide bonds. The number of amides is 1. The van der Waals surface area contributed by atoms with Crippen LogP contribution < -0.4 is 9.64 Å². The van der Waals surface area contributed by atoms with Gasteiger partial charge in [0.1, 0.15) is 5.75 Å². The third kappa shape index (κ3) is 3.48. The molecule has 0 spiro atoms. The minimum atomic E-state index is 0.137. The Labute approximate surface area is 179 Å². The van der Waals surface area contributed by atoms with E-state index in [-0.39, 0.29) is 5.91 Å². The first-order valence-electron chi connectivity index (χ1n) is 10.3. The third-order valence-corrected chi connectivity index (χ3v) is 6.38. The van der Waals surface area contributed by atoms with Gasteiger partial charge in [0.2, 0.25) is 5.91 Å². The number of fused-ring (bicyclic) bond motifs is 2. The predicted octanol–water partition coefficient (Wildman–Crippen LogP) is 4.98. The van der Waals surface area contributed by atoms with Crippen molar-refractivity contribution in [2.24, 2.45) is 0 Å². The number of ether oxygens (including phenoxy) is 1. The maximum absolute atomic E-state index is 13.1. The number of aromatic nitrogens is 2. The normalized spacial score (nSPS) is 13.4. The van der Waals surface area contributed by atoms with Gasteiger partial charge in [0.05, 0.1) is 18.7 Å². The zero-order valence-corrected chi connectivity index (χ0v) is 17.7. The number of carbonyl (C=O) groups excluding carboxylic acids is 1. The number of hydrogen-bond donors (Lipinski definition) is 0. The molecule has 0 N–H and O–H groups in total. The summed E-state index contributed by atoms with van der Waals surface area (Å²) in [6.45, 7) is 3.41. The molecule has 0 unspecified atom stereocenters. The van der Waals surface area contributed by atoms with Crippen molar-refractivity contribution < 1.29 is 9.53 Å². The highest BCUT2D eigenvalue weighted by Crippen LogP contribution is 2.29. The van der Waals surface area contributed by atoms with Crippen LogP contribution in [0.1, 0.15) is 24.6 Å². The molecule has 152 valence electrons. The van der Waals surface area contributed by atoms with E-state index in [2.05, 4.69) is 12.1 Å². The zero-order chi connectivity index (χ0) is 20.5. The molecule has 4 aromatic rings. The minimum Gasteiger partial charge on any atom is -0.494 e. The number of anilines is 1. The second-order valence-corrected chi connectivity index (χ2v) is 8.25. The molecule has 0 bridgehead atoms. The van der Waals surface area contributed by atoms with E-state index < -0.39 is 0 Å². The quantitative estimate of drug-likeness (QED) is 0.460. The van der Waals surface area contributed by atoms with Gasteiger partial charge < -0.3 is 9.64 Å². The molecule has 0 saturated heterocycles. The topological polar surface area (TPSA) is 46.8 Å². The van der Waals surface area contributed by atoms with E-state index >= 15 is 0 Å². The molecule has 3 heterocycles. The average Bonchev–Trinajstić information content (AvgIpc) is 3.36. The van der Waals surface area contributed by atoms with Gasteiger partial charge in [-0.15, -0.1) is 11.3 Å². The van der Waals surface area contributed by atoms with Crippen LogP contribution in [-0.4, -0.2) is 28.4 Å². The number of hydrogen-bond acceptors (Lipinski definition) is 4. The van der Waals surface area contributed by atoms with Gasteiger partial charge in [0, 0.05) is 35.1 Å². The van der Waals surface area contributed by atoms with Gasteiger partial charge in [-0.1, -0.05) is 18.2 Å². The van der Waals surface area contributed by atoms with E-state index in [4.69, 9.17) is 9.72 Å². The van der Waals surface area contributed by atoms with Crippen LogP contribution in [0.5, 0.6) is 5.75 Å². The number of imidazole rings is 1. The van der Waals surface area contributed by atoms with Crippen molar-refractivity contribution in [1.29, 1.82) is 0 Å². The fourth-order valence-corrected chi connectivity index (χ4v) is 4.90. The Hall–Kier alpha value is -3.12. The third-order valence-electron chi connectivity index (χ3n) is 5.49. The van der Waals surface area contributed by atoms with E-state index in [1.165, 1.54) is 5.56 Å². The van der Waals surface area contributed by atoms with Crippen LogP contribution >= 0.6 is 11.3 Å². The summed E-state index contributed by atoms with van der Waals surface area (Å²) < 4.78 is 7.57. The molecular formula is C24H23N3O2S. The largest absolute Gasteiger partial charge is 0.494 e. The first-order chi connectivity index (χ1) is 14.7. The Bertz CT molecular complexity index is 1190. The fourth-order valence-electron chi connectivity index (χ4n) is 4.03. The number of para-hydroxylation sites is 1. The second kappa shape index (κ2) is 7.95. The SMILES string of the molecule is CCOc1ccc(-c2cn3c(CC(=O)N4CCCc5ccccc54)csc3n2)cc1. The van der Waals surface area contributed by atoms with Gasteiger partial charge in [0.15, 0.2) is 4.96 Å². The molecule has 0 aliphatic carbocycles. The lowest BCUT2D eigenvalue weighted by molar-refractivity contribution is -0.118. The lowest BCUT2D eigenvalue weighted by Crippen LogP contribution is -2.36. The molecule has 0 saturated carbocycles. The van der Waals surface area contributed by atoms with Crippen molar-refractivity contribution in [2.75, 3.05) is 18.1 Å². The van der Waals surface area contributed by atoms with Gasteiger partial charge in [-0.25, -0.2) is 4.98 Å². The molecule has 5 nitrogen and oxygen atoms in total. The van der Waals surface area contributed by atoms with Crippen molar-refractivity contribution >= 4 is 27.9 Å². The minimum absolute atomic E-state index is 0.137. The van der Waals surface area contributed by atoms with Crippen molar-refractivity contribution in [3.8, 4) is 17.0 Å². The molecule has 30 heavy (non-hydrogen) atoms. The Morgan fingerprint density at radius 2 is 2.00 bits per heavy atom. The van der Waals surface area contributed by atoms with Gasteiger partial charge >= 0.3 is 0 Å². The van der Waals surface area contributed by atoms with E-state index in [0.717, 1.165) is 52.7 Å².